The molecule has 0 aliphatic rings. The SMILES string of the molecule is Cc1cnc(-c2cccc3c2oc2ccc4c(C)c(C)sc4c23)cc1CC(C)(C)C. The highest BCUT2D eigenvalue weighted by molar-refractivity contribution is 7.20. The molecule has 0 saturated carbocycles. The van der Waals surface area contributed by atoms with Crippen LogP contribution in [0.15, 0.2) is 47.0 Å². The van der Waals surface area contributed by atoms with Gasteiger partial charge in [-0.1, -0.05) is 32.9 Å². The minimum absolute atomic E-state index is 0.231. The molecule has 3 heteroatoms. The molecule has 3 aromatic heterocycles. The van der Waals surface area contributed by atoms with Gasteiger partial charge in [-0.15, -0.1) is 11.3 Å². The van der Waals surface area contributed by atoms with Crippen LogP contribution in [0.2, 0.25) is 0 Å². The Balaban J connectivity index is 1.77. The zero-order chi connectivity index (χ0) is 21.2. The number of pyridine rings is 1. The molecule has 5 aromatic rings. The van der Waals surface area contributed by atoms with Crippen LogP contribution < -0.4 is 0 Å². The standard InChI is InChI=1S/C27H27NOS/c1-15-14-28-22(12-18(15)13-27(4,5)6)20-8-7-9-21-24-23(29-25(20)21)11-10-19-16(2)17(3)30-26(19)24/h7-12,14H,13H2,1-6H3. The lowest BCUT2D eigenvalue weighted by molar-refractivity contribution is 0.410. The summed E-state index contributed by atoms with van der Waals surface area (Å²) in [6, 6.07) is 13.0. The number of rotatable bonds is 2. The molecule has 0 fully saturated rings. The van der Waals surface area contributed by atoms with E-state index in [0.717, 1.165) is 28.8 Å². The van der Waals surface area contributed by atoms with Crippen molar-refractivity contribution >= 4 is 43.4 Å². The summed E-state index contributed by atoms with van der Waals surface area (Å²) in [7, 11) is 0. The van der Waals surface area contributed by atoms with E-state index in [4.69, 9.17) is 9.40 Å². The lowest BCUT2D eigenvalue weighted by Crippen LogP contribution is -2.10. The third-order valence-corrected chi connectivity index (χ3v) is 7.26. The molecule has 0 aliphatic heterocycles. The molecule has 0 N–H and O–H groups in total. The monoisotopic (exact) mass is 413 g/mol. The summed E-state index contributed by atoms with van der Waals surface area (Å²) >= 11 is 1.86. The molecule has 5 rings (SSSR count). The second kappa shape index (κ2) is 6.68. The number of hydrogen-bond donors (Lipinski definition) is 0. The quantitative estimate of drug-likeness (QED) is 0.290. The Bertz CT molecular complexity index is 1430. The maximum Gasteiger partial charge on any atom is 0.144 e. The zero-order valence-electron chi connectivity index (χ0n) is 18.5. The molecule has 0 aliphatic carbocycles. The van der Waals surface area contributed by atoms with Crippen LogP contribution in [0.25, 0.3) is 43.3 Å². The third-order valence-electron chi connectivity index (χ3n) is 6.01. The highest BCUT2D eigenvalue weighted by atomic mass is 32.1. The number of benzene rings is 2. The third kappa shape index (κ3) is 3.04. The van der Waals surface area contributed by atoms with Gasteiger partial charge in [0.2, 0.25) is 0 Å². The first-order chi connectivity index (χ1) is 14.2. The van der Waals surface area contributed by atoms with Gasteiger partial charge in [-0.2, -0.15) is 0 Å². The van der Waals surface area contributed by atoms with Crippen molar-refractivity contribution in [1.82, 2.24) is 4.98 Å². The topological polar surface area (TPSA) is 26.0 Å². The Morgan fingerprint density at radius 1 is 1.00 bits per heavy atom. The van der Waals surface area contributed by atoms with Gasteiger partial charge < -0.3 is 4.42 Å². The average molecular weight is 414 g/mol. The minimum Gasteiger partial charge on any atom is -0.455 e. The first-order valence-corrected chi connectivity index (χ1v) is 11.3. The van der Waals surface area contributed by atoms with Crippen molar-refractivity contribution in [1.29, 1.82) is 0 Å². The number of thiophene rings is 1. The van der Waals surface area contributed by atoms with Crippen LogP contribution in [0.1, 0.15) is 42.3 Å². The number of hydrogen-bond acceptors (Lipinski definition) is 3. The molecule has 0 bridgehead atoms. The van der Waals surface area contributed by atoms with E-state index in [1.807, 2.05) is 17.5 Å². The summed E-state index contributed by atoms with van der Waals surface area (Å²) in [4.78, 5) is 6.15. The number of aryl methyl sites for hydroxylation is 3. The molecular weight excluding hydrogens is 386 g/mol. The average Bonchev–Trinajstić information content (AvgIpc) is 3.20. The van der Waals surface area contributed by atoms with Crippen molar-refractivity contribution < 1.29 is 4.42 Å². The summed E-state index contributed by atoms with van der Waals surface area (Å²) in [6.07, 6.45) is 3.03. The predicted octanol–water partition coefficient (Wildman–Crippen LogP) is 8.38. The van der Waals surface area contributed by atoms with Crippen LogP contribution in [0.4, 0.5) is 0 Å². The van der Waals surface area contributed by atoms with Crippen LogP contribution in [0.3, 0.4) is 0 Å². The molecule has 2 aromatic carbocycles. The van der Waals surface area contributed by atoms with E-state index in [9.17, 15) is 0 Å². The van der Waals surface area contributed by atoms with Crippen molar-refractivity contribution in [3.8, 4) is 11.3 Å². The molecule has 0 saturated heterocycles. The van der Waals surface area contributed by atoms with Crippen molar-refractivity contribution in [3.05, 3.63) is 64.2 Å². The molecule has 152 valence electrons. The Kier molecular flexibility index (Phi) is 4.30. The van der Waals surface area contributed by atoms with Gasteiger partial charge in [0.05, 0.1) is 5.69 Å². The van der Waals surface area contributed by atoms with Gasteiger partial charge in [0.25, 0.3) is 0 Å². The van der Waals surface area contributed by atoms with E-state index < -0.39 is 0 Å². The number of para-hydroxylation sites is 1. The van der Waals surface area contributed by atoms with Crippen LogP contribution >= 0.6 is 11.3 Å². The van der Waals surface area contributed by atoms with Crippen LogP contribution in [0.5, 0.6) is 0 Å². The molecule has 0 unspecified atom stereocenters. The maximum atomic E-state index is 6.43. The number of nitrogens with zero attached hydrogens (tertiary/aromatic N) is 1. The number of fused-ring (bicyclic) bond motifs is 5. The molecular formula is C27H27NOS. The molecule has 0 spiro atoms. The second-order valence-electron chi connectivity index (χ2n) is 9.62. The van der Waals surface area contributed by atoms with Crippen molar-refractivity contribution in [2.75, 3.05) is 0 Å². The van der Waals surface area contributed by atoms with Gasteiger partial charge in [-0.25, -0.2) is 0 Å². The second-order valence-corrected chi connectivity index (χ2v) is 10.8. The van der Waals surface area contributed by atoms with Crippen LogP contribution in [-0.4, -0.2) is 4.98 Å². The normalized spacial score (nSPS) is 12.5. The Morgan fingerprint density at radius 3 is 2.57 bits per heavy atom. The molecule has 2 nitrogen and oxygen atoms in total. The van der Waals surface area contributed by atoms with Crippen LogP contribution in [-0.2, 0) is 6.42 Å². The zero-order valence-corrected chi connectivity index (χ0v) is 19.3. The lowest BCUT2D eigenvalue weighted by Gasteiger charge is -2.20. The van der Waals surface area contributed by atoms with E-state index >= 15 is 0 Å². The predicted molar refractivity (Wildman–Crippen MR) is 130 cm³/mol. The minimum atomic E-state index is 0.231. The molecule has 0 radical (unpaired) electrons. The smallest absolute Gasteiger partial charge is 0.144 e. The summed E-state index contributed by atoms with van der Waals surface area (Å²) in [5.74, 6) is 0. The summed E-state index contributed by atoms with van der Waals surface area (Å²) in [5, 5.41) is 3.74. The maximum absolute atomic E-state index is 6.43. The Morgan fingerprint density at radius 2 is 1.80 bits per heavy atom. The van der Waals surface area contributed by atoms with Crippen LogP contribution in [0, 0.1) is 26.2 Å². The van der Waals surface area contributed by atoms with Gasteiger partial charge >= 0.3 is 0 Å². The van der Waals surface area contributed by atoms with Gasteiger partial charge in [0.15, 0.2) is 0 Å². The van der Waals surface area contributed by atoms with E-state index in [1.165, 1.54) is 42.4 Å². The van der Waals surface area contributed by atoms with Crippen molar-refractivity contribution in [3.63, 3.8) is 0 Å². The largest absolute Gasteiger partial charge is 0.455 e. The van der Waals surface area contributed by atoms with Crippen molar-refractivity contribution in [2.45, 2.75) is 48.0 Å². The summed E-state index contributed by atoms with van der Waals surface area (Å²) in [5.41, 5.74) is 8.14. The highest BCUT2D eigenvalue weighted by Gasteiger charge is 2.19. The lowest BCUT2D eigenvalue weighted by atomic mass is 9.86. The first kappa shape index (κ1) is 19.3. The molecule has 30 heavy (non-hydrogen) atoms. The van der Waals surface area contributed by atoms with Gasteiger partial charge in [0.1, 0.15) is 11.2 Å². The van der Waals surface area contributed by atoms with Gasteiger partial charge in [-0.05, 0) is 78.9 Å². The Labute approximate surface area is 181 Å². The van der Waals surface area contributed by atoms with E-state index in [2.05, 4.69) is 77.9 Å². The van der Waals surface area contributed by atoms with E-state index in [-0.39, 0.29) is 5.41 Å². The molecule has 0 amide bonds. The van der Waals surface area contributed by atoms with E-state index in [0.29, 0.717) is 0 Å². The summed E-state index contributed by atoms with van der Waals surface area (Å²) in [6.45, 7) is 13.4. The number of furan rings is 1. The summed E-state index contributed by atoms with van der Waals surface area (Å²) < 4.78 is 7.76. The first-order valence-electron chi connectivity index (χ1n) is 10.5. The number of aromatic nitrogens is 1. The van der Waals surface area contributed by atoms with Gasteiger partial charge in [-0.3, -0.25) is 4.98 Å². The fraction of sp³-hybridized carbons (Fsp3) is 0.296. The molecule has 3 heterocycles. The fourth-order valence-electron chi connectivity index (χ4n) is 4.36. The van der Waals surface area contributed by atoms with E-state index in [1.54, 1.807) is 0 Å². The highest BCUT2D eigenvalue weighted by Crippen LogP contribution is 2.42. The molecule has 0 atom stereocenters. The van der Waals surface area contributed by atoms with Crippen molar-refractivity contribution in [2.24, 2.45) is 5.41 Å². The van der Waals surface area contributed by atoms with Gasteiger partial charge in [0, 0.05) is 32.1 Å². The fourth-order valence-corrected chi connectivity index (χ4v) is 5.57. The Hall–Kier alpha value is -2.65.